The first-order chi connectivity index (χ1) is 20.9. The lowest BCUT2D eigenvalue weighted by molar-refractivity contribution is -0.145. The number of benzene rings is 1. The van der Waals surface area contributed by atoms with Gasteiger partial charge in [-0.15, -0.1) is 5.10 Å². The minimum absolute atomic E-state index is 0.0201. The molecule has 15 heteroatoms. The van der Waals surface area contributed by atoms with Crippen molar-refractivity contribution in [3.63, 3.8) is 0 Å². The maximum absolute atomic E-state index is 13.4. The number of ether oxygens (including phenoxy) is 2. The van der Waals surface area contributed by atoms with Crippen molar-refractivity contribution < 1.29 is 33.4 Å². The van der Waals surface area contributed by atoms with Gasteiger partial charge in [0.1, 0.15) is 36.5 Å². The number of nitrogens with two attached hydrogens (primary N) is 1. The Balaban J connectivity index is 1.93. The number of amides is 4. The second kappa shape index (κ2) is 15.8. The summed E-state index contributed by atoms with van der Waals surface area (Å²) in [5, 5.41) is 18.8. The number of esters is 1. The Bertz CT molecular complexity index is 1310. The fraction of sp³-hybridized carbons (Fsp3) is 0.552. The second-order valence-corrected chi connectivity index (χ2v) is 10.9. The second-order valence-electron chi connectivity index (χ2n) is 10.9. The van der Waals surface area contributed by atoms with Crippen LogP contribution in [0.4, 0.5) is 0 Å². The Hall–Kier alpha value is -4.53. The number of methoxy groups -OCH3 is 1. The van der Waals surface area contributed by atoms with Crippen molar-refractivity contribution in [3.05, 3.63) is 41.7 Å². The molecule has 2 aliphatic rings. The molecule has 0 fully saturated rings. The molecule has 4 amide bonds. The fourth-order valence-electron chi connectivity index (χ4n) is 4.43. The molecule has 6 atom stereocenters. The highest BCUT2D eigenvalue weighted by Gasteiger charge is 2.33. The number of aromatic nitrogens is 3. The van der Waals surface area contributed by atoms with Crippen LogP contribution >= 0.6 is 0 Å². The zero-order valence-electron chi connectivity index (χ0n) is 25.7. The molecule has 44 heavy (non-hydrogen) atoms. The molecule has 0 saturated carbocycles. The first-order valence-electron chi connectivity index (χ1n) is 14.6. The normalized spacial score (nSPS) is 23.4. The molecule has 1 aromatic heterocycles. The van der Waals surface area contributed by atoms with Crippen molar-refractivity contribution in [2.45, 2.75) is 83.7 Å². The number of rotatable bonds is 5. The van der Waals surface area contributed by atoms with Crippen LogP contribution < -0.4 is 31.7 Å². The number of carbonyl (C=O) groups is 5. The van der Waals surface area contributed by atoms with Gasteiger partial charge in [-0.2, -0.15) is 0 Å². The van der Waals surface area contributed by atoms with Crippen molar-refractivity contribution in [2.75, 3.05) is 13.7 Å². The molecule has 2 aliphatic heterocycles. The lowest BCUT2D eigenvalue weighted by Gasteiger charge is -2.28. The Morgan fingerprint density at radius 2 is 1.80 bits per heavy atom. The van der Waals surface area contributed by atoms with Gasteiger partial charge in [0.15, 0.2) is 0 Å². The van der Waals surface area contributed by atoms with E-state index in [9.17, 15) is 24.0 Å². The molecular weight excluding hydrogens is 572 g/mol. The van der Waals surface area contributed by atoms with Gasteiger partial charge in [0.25, 0.3) is 0 Å². The fourth-order valence-corrected chi connectivity index (χ4v) is 4.43. The number of hydrogen-bond acceptors (Lipinski definition) is 10. The first-order valence-corrected chi connectivity index (χ1v) is 14.6. The van der Waals surface area contributed by atoms with E-state index in [0.29, 0.717) is 24.4 Å². The predicted octanol–water partition coefficient (Wildman–Crippen LogP) is -1.02. The quantitative estimate of drug-likeness (QED) is 0.205. The minimum atomic E-state index is -1.11. The maximum Gasteiger partial charge on any atom is 0.328 e. The molecule has 0 radical (unpaired) electrons. The van der Waals surface area contributed by atoms with Crippen LogP contribution in [0.5, 0.6) is 5.75 Å². The summed E-state index contributed by atoms with van der Waals surface area (Å²) in [7, 11) is 1.23. The Morgan fingerprint density at radius 1 is 1.09 bits per heavy atom. The Morgan fingerprint density at radius 3 is 2.43 bits per heavy atom. The molecule has 0 spiro atoms. The van der Waals surface area contributed by atoms with Crippen molar-refractivity contribution in [1.82, 2.24) is 36.3 Å². The molecule has 4 rings (SSSR count). The summed E-state index contributed by atoms with van der Waals surface area (Å²) in [6, 6.07) is 1.94. The zero-order valence-corrected chi connectivity index (χ0v) is 25.7. The summed E-state index contributed by atoms with van der Waals surface area (Å²) in [6.45, 7) is 7.20. The summed E-state index contributed by atoms with van der Waals surface area (Å²) in [6.07, 6.45) is 2.29. The van der Waals surface area contributed by atoms with Crippen LogP contribution in [0.3, 0.4) is 0 Å². The van der Waals surface area contributed by atoms with Crippen LogP contribution in [-0.2, 0) is 48.1 Å². The lowest BCUT2D eigenvalue weighted by Crippen LogP contribution is -2.59. The first kappa shape index (κ1) is 34.0. The van der Waals surface area contributed by atoms with Crippen molar-refractivity contribution in [2.24, 2.45) is 11.7 Å². The summed E-state index contributed by atoms with van der Waals surface area (Å²) in [5.41, 5.74) is 6.88. The third-order valence-electron chi connectivity index (χ3n) is 7.35. The number of carbonyl (C=O) groups excluding carboxylic acids is 5. The molecule has 15 nitrogen and oxygen atoms in total. The predicted molar refractivity (Wildman–Crippen MR) is 158 cm³/mol. The molecule has 240 valence electrons. The number of hydrogen-bond donors (Lipinski definition) is 5. The standard InChI is InChI=1S/C29H42N8O7/c1-6-16(2)24-28(41)33-23(29(42)43-5)13-19-7-9-21(10-8-19)44-12-11-37-15-20(35-36-37)14-22(32-25(38)17(3)30)27(40)31-18(4)26(39)34-24/h7-10,15-18,22-24H,6,11-14,30H2,1-5H3,(H,31,40)(H,32,38)(H,33,41)(H,34,39)/t16-,17-,18-,22-,23-,24-/m0/s1. The van der Waals surface area contributed by atoms with E-state index in [-0.39, 0.29) is 25.4 Å². The van der Waals surface area contributed by atoms with Gasteiger partial charge >= 0.3 is 5.97 Å². The topological polar surface area (TPSA) is 209 Å². The van der Waals surface area contributed by atoms with Gasteiger partial charge in [0, 0.05) is 19.0 Å². The van der Waals surface area contributed by atoms with Crippen LogP contribution in [0.25, 0.3) is 0 Å². The lowest BCUT2D eigenvalue weighted by atomic mass is 9.97. The summed E-state index contributed by atoms with van der Waals surface area (Å²) < 4.78 is 12.3. The molecule has 2 aromatic rings. The molecule has 0 unspecified atom stereocenters. The molecule has 4 bridgehead atoms. The highest BCUT2D eigenvalue weighted by molar-refractivity contribution is 5.95. The molecule has 0 aliphatic carbocycles. The van der Waals surface area contributed by atoms with E-state index in [1.165, 1.54) is 21.0 Å². The average molecular weight is 615 g/mol. The molecular formula is C29H42N8O7. The van der Waals surface area contributed by atoms with E-state index < -0.39 is 59.8 Å². The SMILES string of the molecule is CC[C@H](C)[C@@H]1NC(=O)[C@H](C)NC(=O)[C@@H](NC(=O)[C@H](C)N)Cc2cn(nn2)CCOc2ccc(cc2)C[C@@H](C(=O)OC)NC1=O. The van der Waals surface area contributed by atoms with Gasteiger partial charge in [0.2, 0.25) is 23.6 Å². The van der Waals surface area contributed by atoms with Gasteiger partial charge in [-0.05, 0) is 37.5 Å². The number of nitrogens with zero attached hydrogens (tertiary/aromatic N) is 3. The van der Waals surface area contributed by atoms with Crippen LogP contribution in [0.15, 0.2) is 30.5 Å². The Kier molecular flexibility index (Phi) is 12.2. The van der Waals surface area contributed by atoms with Crippen LogP contribution in [-0.4, -0.2) is 88.5 Å². The zero-order chi connectivity index (χ0) is 32.4. The van der Waals surface area contributed by atoms with Crippen LogP contribution in [0.1, 0.15) is 45.4 Å². The van der Waals surface area contributed by atoms with Crippen molar-refractivity contribution >= 4 is 29.6 Å². The summed E-state index contributed by atoms with van der Waals surface area (Å²) >= 11 is 0. The number of fused-ring (bicyclic) bond motifs is 15. The molecule has 6 N–H and O–H groups in total. The van der Waals surface area contributed by atoms with E-state index in [1.807, 2.05) is 6.92 Å². The Labute approximate surface area is 256 Å². The van der Waals surface area contributed by atoms with E-state index in [2.05, 4.69) is 31.6 Å². The van der Waals surface area contributed by atoms with Crippen LogP contribution in [0.2, 0.25) is 0 Å². The van der Waals surface area contributed by atoms with E-state index in [1.54, 1.807) is 42.1 Å². The van der Waals surface area contributed by atoms with Gasteiger partial charge < -0.3 is 36.5 Å². The molecule has 1 aromatic carbocycles. The van der Waals surface area contributed by atoms with Gasteiger partial charge in [0.05, 0.1) is 25.4 Å². The third kappa shape index (κ3) is 9.49. The smallest absolute Gasteiger partial charge is 0.328 e. The highest BCUT2D eigenvalue weighted by Crippen LogP contribution is 2.15. The van der Waals surface area contributed by atoms with Gasteiger partial charge in [-0.1, -0.05) is 37.6 Å². The molecule has 0 saturated heterocycles. The number of nitrogens with one attached hydrogen (secondary N) is 4. The van der Waals surface area contributed by atoms with Gasteiger partial charge in [-0.25, -0.2) is 9.48 Å². The van der Waals surface area contributed by atoms with Crippen molar-refractivity contribution in [1.29, 1.82) is 0 Å². The minimum Gasteiger partial charge on any atom is -0.492 e. The van der Waals surface area contributed by atoms with Crippen molar-refractivity contribution in [3.8, 4) is 5.75 Å². The highest BCUT2D eigenvalue weighted by atomic mass is 16.5. The van der Waals surface area contributed by atoms with E-state index in [0.717, 1.165) is 5.56 Å². The van der Waals surface area contributed by atoms with Crippen LogP contribution in [0, 0.1) is 5.92 Å². The summed E-state index contributed by atoms with van der Waals surface area (Å²) in [4.78, 5) is 65.0. The van der Waals surface area contributed by atoms with E-state index >= 15 is 0 Å². The average Bonchev–Trinajstić information content (AvgIpc) is 3.45. The monoisotopic (exact) mass is 614 g/mol. The molecule has 3 heterocycles. The third-order valence-corrected chi connectivity index (χ3v) is 7.35. The van der Waals surface area contributed by atoms with E-state index in [4.69, 9.17) is 15.2 Å². The van der Waals surface area contributed by atoms with Gasteiger partial charge in [-0.3, -0.25) is 19.2 Å². The summed E-state index contributed by atoms with van der Waals surface area (Å²) in [5.74, 6) is -2.80. The largest absolute Gasteiger partial charge is 0.492 e. The maximum atomic E-state index is 13.4.